The van der Waals surface area contributed by atoms with Gasteiger partial charge in [0, 0.05) is 30.1 Å². The molecule has 2 rings (SSSR count). The Morgan fingerprint density at radius 2 is 2.18 bits per heavy atom. The molecule has 1 aromatic rings. The predicted octanol–water partition coefficient (Wildman–Crippen LogP) is 1.99. The van der Waals surface area contributed by atoms with E-state index in [1.54, 1.807) is 6.07 Å². The summed E-state index contributed by atoms with van der Waals surface area (Å²) in [4.78, 5) is 0. The highest BCUT2D eigenvalue weighted by Crippen LogP contribution is 2.32. The van der Waals surface area contributed by atoms with Crippen LogP contribution in [0.25, 0.3) is 0 Å². The lowest BCUT2D eigenvalue weighted by molar-refractivity contribution is -0.0202. The fourth-order valence-electron chi connectivity index (χ4n) is 2.00. The van der Waals surface area contributed by atoms with E-state index in [-0.39, 0.29) is 0 Å². The number of benzene rings is 1. The quantitative estimate of drug-likeness (QED) is 0.684. The van der Waals surface area contributed by atoms with Gasteiger partial charge >= 0.3 is 0 Å². The Kier molecular flexibility index (Phi) is 3.43. The van der Waals surface area contributed by atoms with Gasteiger partial charge in [-0.05, 0) is 32.3 Å². The summed E-state index contributed by atoms with van der Waals surface area (Å²) in [5.41, 5.74) is 6.82. The molecule has 0 aromatic heterocycles. The van der Waals surface area contributed by atoms with Gasteiger partial charge in [-0.2, -0.15) is 0 Å². The van der Waals surface area contributed by atoms with Crippen LogP contribution in [0.1, 0.15) is 26.2 Å². The number of rotatable bonds is 5. The summed E-state index contributed by atoms with van der Waals surface area (Å²) in [6, 6.07) is 5.55. The molecule has 0 saturated heterocycles. The van der Waals surface area contributed by atoms with E-state index in [9.17, 15) is 5.11 Å². The smallest absolute Gasteiger partial charge is 0.123 e. The van der Waals surface area contributed by atoms with Gasteiger partial charge in [0.2, 0.25) is 0 Å². The molecule has 4 heteroatoms. The summed E-state index contributed by atoms with van der Waals surface area (Å²) in [6.45, 7) is 3.13. The molecule has 0 radical (unpaired) electrons. The van der Waals surface area contributed by atoms with E-state index in [2.05, 4.69) is 5.32 Å². The maximum Gasteiger partial charge on any atom is 0.123 e. The van der Waals surface area contributed by atoms with Crippen LogP contribution < -0.4 is 15.8 Å². The molecule has 17 heavy (non-hydrogen) atoms. The lowest BCUT2D eigenvalue weighted by Crippen LogP contribution is -2.43. The Balaban J connectivity index is 1.99. The molecular weight excluding hydrogens is 216 g/mol. The number of anilines is 2. The molecule has 1 fully saturated rings. The van der Waals surface area contributed by atoms with Crippen molar-refractivity contribution < 1.29 is 9.84 Å². The third-order valence-electron chi connectivity index (χ3n) is 3.15. The molecule has 1 aliphatic carbocycles. The van der Waals surface area contributed by atoms with Gasteiger partial charge < -0.3 is 20.9 Å². The minimum Gasteiger partial charge on any atom is -0.494 e. The fourth-order valence-corrected chi connectivity index (χ4v) is 2.00. The second-order valence-electron chi connectivity index (χ2n) is 4.66. The van der Waals surface area contributed by atoms with E-state index in [1.807, 2.05) is 19.1 Å². The second-order valence-corrected chi connectivity index (χ2v) is 4.66. The van der Waals surface area contributed by atoms with E-state index >= 15 is 0 Å². The number of nitrogens with one attached hydrogen (secondary N) is 1. The van der Waals surface area contributed by atoms with E-state index in [0.29, 0.717) is 18.8 Å². The third-order valence-corrected chi connectivity index (χ3v) is 3.15. The van der Waals surface area contributed by atoms with Crippen molar-refractivity contribution in [3.63, 3.8) is 0 Å². The Labute approximate surface area is 102 Å². The average molecular weight is 236 g/mol. The molecule has 4 nitrogen and oxygen atoms in total. The maximum atomic E-state index is 9.99. The Morgan fingerprint density at radius 3 is 2.76 bits per heavy atom. The zero-order valence-corrected chi connectivity index (χ0v) is 10.2. The first-order valence-electron chi connectivity index (χ1n) is 6.11. The number of hydrogen-bond donors (Lipinski definition) is 3. The molecule has 1 aliphatic rings. The highest BCUT2D eigenvalue weighted by molar-refractivity contribution is 5.59. The van der Waals surface area contributed by atoms with Crippen LogP contribution in [0.2, 0.25) is 0 Å². The van der Waals surface area contributed by atoms with Crippen molar-refractivity contribution in [1.29, 1.82) is 0 Å². The monoisotopic (exact) mass is 236 g/mol. The van der Waals surface area contributed by atoms with Gasteiger partial charge in [-0.1, -0.05) is 0 Å². The predicted molar refractivity (Wildman–Crippen MR) is 69.3 cm³/mol. The Bertz CT molecular complexity index is 389. The van der Waals surface area contributed by atoms with Crippen LogP contribution in [0, 0.1) is 0 Å². The molecule has 1 aromatic carbocycles. The Morgan fingerprint density at radius 1 is 1.41 bits per heavy atom. The maximum absolute atomic E-state index is 9.99. The minimum absolute atomic E-state index is 0.531. The molecule has 4 N–H and O–H groups in total. The van der Waals surface area contributed by atoms with Gasteiger partial charge in [0.25, 0.3) is 0 Å². The summed E-state index contributed by atoms with van der Waals surface area (Å²) < 4.78 is 5.42. The van der Waals surface area contributed by atoms with Crippen LogP contribution >= 0.6 is 0 Å². The van der Waals surface area contributed by atoms with Crippen molar-refractivity contribution in [2.45, 2.75) is 31.8 Å². The van der Waals surface area contributed by atoms with Crippen LogP contribution in [0.3, 0.4) is 0 Å². The zero-order valence-electron chi connectivity index (χ0n) is 10.2. The topological polar surface area (TPSA) is 67.5 Å². The normalized spacial score (nSPS) is 17.3. The molecule has 0 bridgehead atoms. The van der Waals surface area contributed by atoms with Gasteiger partial charge in [0.05, 0.1) is 12.2 Å². The van der Waals surface area contributed by atoms with Gasteiger partial charge in [0.1, 0.15) is 5.75 Å². The lowest BCUT2D eigenvalue weighted by atomic mass is 9.80. The summed E-state index contributed by atoms with van der Waals surface area (Å²) in [5, 5.41) is 13.2. The molecular formula is C13H20N2O2. The van der Waals surface area contributed by atoms with Gasteiger partial charge in [-0.15, -0.1) is 0 Å². The minimum atomic E-state index is -0.531. The molecule has 0 atom stereocenters. The number of aliphatic hydroxyl groups is 1. The summed E-state index contributed by atoms with van der Waals surface area (Å²) in [6.07, 6.45) is 2.86. The molecule has 0 spiro atoms. The number of ether oxygens (including phenoxy) is 1. The van der Waals surface area contributed by atoms with E-state index in [0.717, 1.165) is 30.7 Å². The first-order chi connectivity index (χ1) is 8.11. The molecule has 0 aliphatic heterocycles. The van der Waals surface area contributed by atoms with Crippen molar-refractivity contribution in [1.82, 2.24) is 0 Å². The van der Waals surface area contributed by atoms with E-state index in [4.69, 9.17) is 10.5 Å². The van der Waals surface area contributed by atoms with Crippen molar-refractivity contribution in [2.75, 3.05) is 24.2 Å². The van der Waals surface area contributed by atoms with E-state index < -0.39 is 5.60 Å². The van der Waals surface area contributed by atoms with Gasteiger partial charge in [-0.25, -0.2) is 0 Å². The van der Waals surface area contributed by atoms with Crippen LogP contribution in [0.5, 0.6) is 5.75 Å². The molecule has 0 amide bonds. The largest absolute Gasteiger partial charge is 0.494 e. The van der Waals surface area contributed by atoms with Crippen molar-refractivity contribution in [3.05, 3.63) is 18.2 Å². The lowest BCUT2D eigenvalue weighted by Gasteiger charge is -2.36. The fraction of sp³-hybridized carbons (Fsp3) is 0.538. The number of hydrogen-bond acceptors (Lipinski definition) is 4. The second kappa shape index (κ2) is 4.84. The molecule has 0 heterocycles. The number of nitrogens with two attached hydrogens (primary N) is 1. The van der Waals surface area contributed by atoms with Crippen LogP contribution in [0.4, 0.5) is 11.4 Å². The highest BCUT2D eigenvalue weighted by atomic mass is 16.5. The standard InChI is InChI=1S/C13H20N2O2/c1-2-17-12-7-10(14)6-11(8-12)15-9-13(16)4-3-5-13/h6-8,15-16H,2-5,9,14H2,1H3. The van der Waals surface area contributed by atoms with E-state index in [1.165, 1.54) is 0 Å². The number of nitrogen functional groups attached to an aromatic ring is 1. The molecule has 94 valence electrons. The van der Waals surface area contributed by atoms with Crippen molar-refractivity contribution >= 4 is 11.4 Å². The first kappa shape index (κ1) is 12.0. The highest BCUT2D eigenvalue weighted by Gasteiger charge is 2.33. The third kappa shape index (κ3) is 3.03. The molecule has 0 unspecified atom stereocenters. The van der Waals surface area contributed by atoms with Crippen LogP contribution in [-0.4, -0.2) is 23.9 Å². The Hall–Kier alpha value is -1.42. The first-order valence-corrected chi connectivity index (χ1v) is 6.11. The zero-order chi connectivity index (χ0) is 12.3. The molecule has 1 saturated carbocycles. The van der Waals surface area contributed by atoms with Crippen LogP contribution in [-0.2, 0) is 0 Å². The summed E-state index contributed by atoms with van der Waals surface area (Å²) in [5.74, 6) is 0.760. The summed E-state index contributed by atoms with van der Waals surface area (Å²) >= 11 is 0. The van der Waals surface area contributed by atoms with Crippen LogP contribution in [0.15, 0.2) is 18.2 Å². The van der Waals surface area contributed by atoms with Gasteiger partial charge in [-0.3, -0.25) is 0 Å². The van der Waals surface area contributed by atoms with Crippen molar-refractivity contribution in [3.8, 4) is 5.75 Å². The van der Waals surface area contributed by atoms with Crippen molar-refractivity contribution in [2.24, 2.45) is 0 Å². The SMILES string of the molecule is CCOc1cc(N)cc(NCC2(O)CCC2)c1. The van der Waals surface area contributed by atoms with Gasteiger partial charge in [0.15, 0.2) is 0 Å². The average Bonchev–Trinajstić information content (AvgIpc) is 2.23. The summed E-state index contributed by atoms with van der Waals surface area (Å²) in [7, 11) is 0.